The highest BCUT2D eigenvalue weighted by molar-refractivity contribution is 5.91. The summed E-state index contributed by atoms with van der Waals surface area (Å²) in [5, 5.41) is 7.47. The van der Waals surface area contributed by atoms with Crippen LogP contribution < -0.4 is 5.32 Å². The zero-order valence-electron chi connectivity index (χ0n) is 11.4. The molecule has 0 aliphatic carbocycles. The topological polar surface area (TPSA) is 50.2 Å². The van der Waals surface area contributed by atoms with Crippen LogP contribution in [-0.2, 0) is 6.54 Å². The number of nitrogens with zero attached hydrogens (tertiary/aromatic N) is 3. The van der Waals surface area contributed by atoms with E-state index in [2.05, 4.69) is 10.4 Å². The Balaban J connectivity index is 2.35. The second-order valence-electron chi connectivity index (χ2n) is 4.50. The average molecular weight is 258 g/mol. The molecule has 19 heavy (non-hydrogen) atoms. The number of aromatic nitrogens is 2. The maximum absolute atomic E-state index is 11.8. The first-order chi connectivity index (χ1) is 9.13. The van der Waals surface area contributed by atoms with E-state index in [-0.39, 0.29) is 5.91 Å². The summed E-state index contributed by atoms with van der Waals surface area (Å²) in [6.07, 6.45) is 1.81. The van der Waals surface area contributed by atoms with Crippen LogP contribution in [0.25, 0.3) is 5.69 Å². The van der Waals surface area contributed by atoms with Gasteiger partial charge >= 0.3 is 0 Å². The molecule has 5 heteroatoms. The number of para-hydroxylation sites is 1. The van der Waals surface area contributed by atoms with Gasteiger partial charge in [-0.25, -0.2) is 4.68 Å². The van der Waals surface area contributed by atoms with Crippen molar-refractivity contribution in [1.29, 1.82) is 0 Å². The van der Waals surface area contributed by atoms with E-state index in [4.69, 9.17) is 0 Å². The van der Waals surface area contributed by atoms with E-state index in [0.29, 0.717) is 5.69 Å². The van der Waals surface area contributed by atoms with E-state index in [1.807, 2.05) is 37.5 Å². The minimum absolute atomic E-state index is 0.0927. The standard InChI is InChI=1S/C14H18N4O/c1-15-10-11-6-4-5-7-13(11)18-9-8-12(16-18)14(19)17(2)3/h4-9,15H,10H2,1-3H3. The van der Waals surface area contributed by atoms with Crippen molar-refractivity contribution in [2.75, 3.05) is 21.1 Å². The Labute approximate surface area is 112 Å². The maximum atomic E-state index is 11.8. The van der Waals surface area contributed by atoms with Crippen molar-refractivity contribution in [3.05, 3.63) is 47.8 Å². The first kappa shape index (κ1) is 13.3. The summed E-state index contributed by atoms with van der Waals surface area (Å²) in [5.41, 5.74) is 2.57. The lowest BCUT2D eigenvalue weighted by atomic mass is 10.2. The van der Waals surface area contributed by atoms with Crippen LogP contribution in [0, 0.1) is 0 Å². The molecule has 0 unspecified atom stereocenters. The summed E-state index contributed by atoms with van der Waals surface area (Å²) < 4.78 is 1.74. The molecule has 1 N–H and O–H groups in total. The van der Waals surface area contributed by atoms with E-state index in [9.17, 15) is 4.79 Å². The summed E-state index contributed by atoms with van der Waals surface area (Å²) in [6.45, 7) is 0.757. The number of carbonyl (C=O) groups is 1. The summed E-state index contributed by atoms with van der Waals surface area (Å²) >= 11 is 0. The van der Waals surface area contributed by atoms with Gasteiger partial charge in [-0.15, -0.1) is 0 Å². The van der Waals surface area contributed by atoms with Crippen LogP contribution in [0.15, 0.2) is 36.5 Å². The van der Waals surface area contributed by atoms with Crippen molar-refractivity contribution in [3.8, 4) is 5.69 Å². The molecule has 1 aromatic heterocycles. The molecule has 0 fully saturated rings. The van der Waals surface area contributed by atoms with Crippen LogP contribution in [-0.4, -0.2) is 41.7 Å². The molecule has 100 valence electrons. The molecule has 0 saturated carbocycles. The highest BCUT2D eigenvalue weighted by Gasteiger charge is 2.12. The Kier molecular flexibility index (Phi) is 3.97. The predicted octanol–water partition coefficient (Wildman–Crippen LogP) is 1.29. The van der Waals surface area contributed by atoms with Gasteiger partial charge in [-0.2, -0.15) is 5.10 Å². The number of carbonyl (C=O) groups excluding carboxylic acids is 1. The normalized spacial score (nSPS) is 10.5. The van der Waals surface area contributed by atoms with Gasteiger partial charge in [-0.1, -0.05) is 18.2 Å². The molecule has 1 heterocycles. The third-order valence-corrected chi connectivity index (χ3v) is 2.82. The molecule has 0 bridgehead atoms. The first-order valence-electron chi connectivity index (χ1n) is 6.13. The fourth-order valence-electron chi connectivity index (χ4n) is 1.88. The van der Waals surface area contributed by atoms with Crippen LogP contribution >= 0.6 is 0 Å². The lowest BCUT2D eigenvalue weighted by Gasteiger charge is -2.09. The van der Waals surface area contributed by atoms with E-state index in [0.717, 1.165) is 17.8 Å². The third-order valence-electron chi connectivity index (χ3n) is 2.82. The van der Waals surface area contributed by atoms with E-state index in [1.54, 1.807) is 24.8 Å². The summed E-state index contributed by atoms with van der Waals surface area (Å²) in [5.74, 6) is -0.0927. The predicted molar refractivity (Wildman–Crippen MR) is 74.3 cm³/mol. The molecule has 0 atom stereocenters. The SMILES string of the molecule is CNCc1ccccc1-n1ccc(C(=O)N(C)C)n1. The number of rotatable bonds is 4. The highest BCUT2D eigenvalue weighted by Crippen LogP contribution is 2.14. The van der Waals surface area contributed by atoms with Gasteiger partial charge in [0.25, 0.3) is 5.91 Å². The van der Waals surface area contributed by atoms with Crippen LogP contribution in [0.3, 0.4) is 0 Å². The molecule has 0 aliphatic rings. The van der Waals surface area contributed by atoms with Gasteiger partial charge in [0.05, 0.1) is 5.69 Å². The summed E-state index contributed by atoms with van der Waals surface area (Å²) in [7, 11) is 5.34. The Morgan fingerprint density at radius 1 is 1.32 bits per heavy atom. The molecular formula is C14H18N4O. The quantitative estimate of drug-likeness (QED) is 0.899. The molecule has 1 aromatic carbocycles. The van der Waals surface area contributed by atoms with Gasteiger partial charge in [-0.3, -0.25) is 4.79 Å². The van der Waals surface area contributed by atoms with Crippen molar-refractivity contribution in [2.45, 2.75) is 6.54 Å². The smallest absolute Gasteiger partial charge is 0.273 e. The zero-order valence-corrected chi connectivity index (χ0v) is 11.4. The van der Waals surface area contributed by atoms with Crippen molar-refractivity contribution in [3.63, 3.8) is 0 Å². The van der Waals surface area contributed by atoms with Crippen molar-refractivity contribution < 1.29 is 4.79 Å². The van der Waals surface area contributed by atoms with Crippen molar-refractivity contribution in [2.24, 2.45) is 0 Å². The zero-order chi connectivity index (χ0) is 13.8. The Morgan fingerprint density at radius 2 is 2.05 bits per heavy atom. The van der Waals surface area contributed by atoms with Crippen LogP contribution in [0.2, 0.25) is 0 Å². The average Bonchev–Trinajstić information content (AvgIpc) is 2.88. The van der Waals surface area contributed by atoms with Gasteiger partial charge in [0.1, 0.15) is 0 Å². The second kappa shape index (κ2) is 5.67. The number of amides is 1. The van der Waals surface area contributed by atoms with E-state index < -0.39 is 0 Å². The van der Waals surface area contributed by atoms with Gasteiger partial charge in [0.15, 0.2) is 5.69 Å². The Hall–Kier alpha value is -2.14. The molecule has 0 saturated heterocycles. The molecule has 0 aliphatic heterocycles. The molecule has 0 spiro atoms. The first-order valence-corrected chi connectivity index (χ1v) is 6.13. The van der Waals surface area contributed by atoms with Gasteiger partial charge in [-0.05, 0) is 24.7 Å². The van der Waals surface area contributed by atoms with Crippen LogP contribution in [0.4, 0.5) is 0 Å². The molecule has 1 amide bonds. The minimum Gasteiger partial charge on any atom is -0.343 e. The summed E-state index contributed by atoms with van der Waals surface area (Å²) in [6, 6.07) is 9.72. The Morgan fingerprint density at radius 3 is 2.74 bits per heavy atom. The molecule has 5 nitrogen and oxygen atoms in total. The Bertz CT molecular complexity index is 574. The van der Waals surface area contributed by atoms with Crippen molar-refractivity contribution >= 4 is 5.91 Å². The fourth-order valence-corrected chi connectivity index (χ4v) is 1.88. The highest BCUT2D eigenvalue weighted by atomic mass is 16.2. The number of nitrogens with one attached hydrogen (secondary N) is 1. The van der Waals surface area contributed by atoms with Crippen LogP contribution in [0.5, 0.6) is 0 Å². The third kappa shape index (κ3) is 2.82. The van der Waals surface area contributed by atoms with Gasteiger partial charge < -0.3 is 10.2 Å². The molecular weight excluding hydrogens is 240 g/mol. The fraction of sp³-hybridized carbons (Fsp3) is 0.286. The molecule has 2 aromatic rings. The lowest BCUT2D eigenvalue weighted by Crippen LogP contribution is -2.22. The number of hydrogen-bond acceptors (Lipinski definition) is 3. The maximum Gasteiger partial charge on any atom is 0.273 e. The number of hydrogen-bond donors (Lipinski definition) is 1. The second-order valence-corrected chi connectivity index (χ2v) is 4.50. The monoisotopic (exact) mass is 258 g/mol. The lowest BCUT2D eigenvalue weighted by molar-refractivity contribution is 0.0821. The molecule has 0 radical (unpaired) electrons. The van der Waals surface area contributed by atoms with E-state index >= 15 is 0 Å². The molecule has 2 rings (SSSR count). The number of benzene rings is 1. The van der Waals surface area contributed by atoms with Crippen molar-refractivity contribution in [1.82, 2.24) is 20.0 Å². The summed E-state index contributed by atoms with van der Waals surface area (Å²) in [4.78, 5) is 13.4. The van der Waals surface area contributed by atoms with Gasteiger partial charge in [0.2, 0.25) is 0 Å². The van der Waals surface area contributed by atoms with Gasteiger partial charge in [0, 0.05) is 26.8 Å². The minimum atomic E-state index is -0.0927. The van der Waals surface area contributed by atoms with E-state index in [1.165, 1.54) is 4.90 Å². The van der Waals surface area contributed by atoms with Crippen LogP contribution in [0.1, 0.15) is 16.1 Å². The largest absolute Gasteiger partial charge is 0.343 e.